The average molecular weight is 320 g/mol. The van der Waals surface area contributed by atoms with E-state index in [1.54, 1.807) is 0 Å². The number of rotatable bonds is 4. The number of amides is 1. The zero-order valence-corrected chi connectivity index (χ0v) is 13.6. The summed E-state index contributed by atoms with van der Waals surface area (Å²) in [6.07, 6.45) is 3.19. The normalized spacial score (nSPS) is 19.3. The first kappa shape index (κ1) is 15.0. The number of hydrogen-bond donors (Lipinski definition) is 2. The Morgan fingerprint density at radius 3 is 2.67 bits per heavy atom. The lowest BCUT2D eigenvalue weighted by atomic mass is 10.1. The van der Waals surface area contributed by atoms with E-state index in [9.17, 15) is 4.79 Å². The van der Waals surface area contributed by atoms with Gasteiger partial charge in [-0.15, -0.1) is 23.5 Å². The number of nitrogens with one attached hydrogen (secondary N) is 2. The highest BCUT2D eigenvalue weighted by Crippen LogP contribution is 2.45. The van der Waals surface area contributed by atoms with Gasteiger partial charge in [0, 0.05) is 30.2 Å². The highest BCUT2D eigenvalue weighted by Gasteiger charge is 2.18. The maximum atomic E-state index is 12.2. The number of carbonyl (C=O) groups excluding carboxylic acids is 1. The molecule has 1 fully saturated rings. The summed E-state index contributed by atoms with van der Waals surface area (Å²) in [5.74, 6) is 2.47. The molecule has 0 aromatic heterocycles. The molecule has 21 heavy (non-hydrogen) atoms. The van der Waals surface area contributed by atoms with Crippen molar-refractivity contribution in [3.8, 4) is 0 Å². The van der Waals surface area contributed by atoms with Gasteiger partial charge < -0.3 is 10.6 Å². The molecule has 112 valence electrons. The van der Waals surface area contributed by atoms with Crippen LogP contribution in [0.25, 0.3) is 0 Å². The summed E-state index contributed by atoms with van der Waals surface area (Å²) in [6.45, 7) is 2.58. The smallest absolute Gasteiger partial charge is 0.251 e. The van der Waals surface area contributed by atoms with E-state index in [2.05, 4.69) is 28.8 Å². The van der Waals surface area contributed by atoms with Gasteiger partial charge in [0.25, 0.3) is 5.91 Å². The second kappa shape index (κ2) is 7.38. The van der Waals surface area contributed by atoms with Gasteiger partial charge in [-0.05, 0) is 30.7 Å². The Kier molecular flexibility index (Phi) is 5.27. The minimum atomic E-state index is 0.0210. The van der Waals surface area contributed by atoms with Crippen molar-refractivity contribution >= 4 is 29.4 Å². The molecular formula is C16H20N2OS2. The molecule has 0 radical (unpaired) electrons. The lowest BCUT2D eigenvalue weighted by Crippen LogP contribution is -2.29. The van der Waals surface area contributed by atoms with Crippen LogP contribution in [0.1, 0.15) is 26.9 Å². The molecule has 1 aromatic carbocycles. The molecule has 2 aliphatic heterocycles. The first-order valence-corrected chi connectivity index (χ1v) is 9.43. The van der Waals surface area contributed by atoms with Crippen molar-refractivity contribution in [1.29, 1.82) is 0 Å². The lowest BCUT2D eigenvalue weighted by molar-refractivity contribution is 0.0956. The third kappa shape index (κ3) is 4.05. The Morgan fingerprint density at radius 1 is 1.24 bits per heavy atom. The van der Waals surface area contributed by atoms with Crippen LogP contribution in [0.15, 0.2) is 35.9 Å². The minimum absolute atomic E-state index is 0.0210. The fourth-order valence-corrected chi connectivity index (χ4v) is 5.33. The van der Waals surface area contributed by atoms with Crippen LogP contribution in [0.4, 0.5) is 0 Å². The Labute approximate surface area is 134 Å². The molecule has 0 saturated carbocycles. The second-order valence-corrected chi connectivity index (χ2v) is 7.92. The SMILES string of the molecule is O=C(NCC1=CCNCC1)c1ccc(C2SCCS2)cc1. The van der Waals surface area contributed by atoms with Gasteiger partial charge in [-0.3, -0.25) is 4.79 Å². The van der Waals surface area contributed by atoms with Gasteiger partial charge in [-0.25, -0.2) is 0 Å². The summed E-state index contributed by atoms with van der Waals surface area (Å²) in [5.41, 5.74) is 3.39. The van der Waals surface area contributed by atoms with Crippen LogP contribution in [0, 0.1) is 0 Å². The summed E-state index contributed by atoms with van der Waals surface area (Å²) in [5, 5.41) is 6.29. The number of hydrogen-bond acceptors (Lipinski definition) is 4. The Bertz CT molecular complexity index is 522. The Hall–Kier alpha value is -0.910. The van der Waals surface area contributed by atoms with Gasteiger partial charge in [-0.2, -0.15) is 0 Å². The average Bonchev–Trinajstić information content (AvgIpc) is 3.08. The highest BCUT2D eigenvalue weighted by molar-refractivity contribution is 8.19. The van der Waals surface area contributed by atoms with Gasteiger partial charge >= 0.3 is 0 Å². The molecule has 0 aliphatic carbocycles. The van der Waals surface area contributed by atoms with Crippen LogP contribution in [-0.2, 0) is 0 Å². The first-order valence-electron chi connectivity index (χ1n) is 7.33. The third-order valence-electron chi connectivity index (χ3n) is 3.70. The molecule has 1 amide bonds. The van der Waals surface area contributed by atoms with Crippen LogP contribution >= 0.6 is 23.5 Å². The van der Waals surface area contributed by atoms with Crippen LogP contribution in [0.3, 0.4) is 0 Å². The first-order chi connectivity index (χ1) is 10.3. The van der Waals surface area contributed by atoms with Crippen molar-refractivity contribution in [2.24, 2.45) is 0 Å². The molecule has 0 bridgehead atoms. The highest BCUT2D eigenvalue weighted by atomic mass is 32.2. The predicted molar refractivity (Wildman–Crippen MR) is 92.0 cm³/mol. The van der Waals surface area contributed by atoms with Crippen LogP contribution in [0.2, 0.25) is 0 Å². The molecule has 3 rings (SSSR count). The molecule has 5 heteroatoms. The summed E-state index contributed by atoms with van der Waals surface area (Å²) in [7, 11) is 0. The predicted octanol–water partition coefficient (Wildman–Crippen LogP) is 2.81. The molecule has 1 aromatic rings. The largest absolute Gasteiger partial charge is 0.348 e. The molecule has 2 heterocycles. The van der Waals surface area contributed by atoms with Crippen LogP contribution in [0.5, 0.6) is 0 Å². The van der Waals surface area contributed by atoms with Gasteiger partial charge in [-0.1, -0.05) is 23.8 Å². The van der Waals surface area contributed by atoms with E-state index < -0.39 is 0 Å². The van der Waals surface area contributed by atoms with E-state index in [-0.39, 0.29) is 5.91 Å². The molecule has 2 aliphatic rings. The zero-order valence-electron chi connectivity index (χ0n) is 11.9. The summed E-state index contributed by atoms with van der Waals surface area (Å²) < 4.78 is 0.544. The molecule has 2 N–H and O–H groups in total. The van der Waals surface area contributed by atoms with Crippen molar-refractivity contribution in [2.75, 3.05) is 31.1 Å². The van der Waals surface area contributed by atoms with Gasteiger partial charge in [0.2, 0.25) is 0 Å². The molecular weight excluding hydrogens is 300 g/mol. The Balaban J connectivity index is 1.55. The second-order valence-electron chi connectivity index (χ2n) is 5.19. The number of carbonyl (C=O) groups is 1. The van der Waals surface area contributed by atoms with Crippen molar-refractivity contribution in [1.82, 2.24) is 10.6 Å². The van der Waals surface area contributed by atoms with Crippen LogP contribution < -0.4 is 10.6 Å². The van der Waals surface area contributed by atoms with E-state index in [1.807, 2.05) is 35.7 Å². The maximum absolute atomic E-state index is 12.2. The van der Waals surface area contributed by atoms with E-state index in [4.69, 9.17) is 0 Å². The minimum Gasteiger partial charge on any atom is -0.348 e. The zero-order chi connectivity index (χ0) is 14.5. The third-order valence-corrected chi connectivity index (χ3v) is 6.81. The molecule has 1 saturated heterocycles. The van der Waals surface area contributed by atoms with E-state index in [0.29, 0.717) is 11.1 Å². The van der Waals surface area contributed by atoms with E-state index in [0.717, 1.165) is 25.1 Å². The molecule has 3 nitrogen and oxygen atoms in total. The molecule has 0 atom stereocenters. The van der Waals surface area contributed by atoms with Crippen molar-refractivity contribution in [3.63, 3.8) is 0 Å². The van der Waals surface area contributed by atoms with Gasteiger partial charge in [0.05, 0.1) is 4.58 Å². The van der Waals surface area contributed by atoms with E-state index in [1.165, 1.54) is 22.6 Å². The summed E-state index contributed by atoms with van der Waals surface area (Å²) in [4.78, 5) is 12.2. The quantitative estimate of drug-likeness (QED) is 0.837. The lowest BCUT2D eigenvalue weighted by Gasteiger charge is -2.15. The fraction of sp³-hybridized carbons (Fsp3) is 0.438. The van der Waals surface area contributed by atoms with Gasteiger partial charge in [0.1, 0.15) is 0 Å². The van der Waals surface area contributed by atoms with Crippen molar-refractivity contribution < 1.29 is 4.79 Å². The maximum Gasteiger partial charge on any atom is 0.251 e. The van der Waals surface area contributed by atoms with Crippen molar-refractivity contribution in [2.45, 2.75) is 11.0 Å². The summed E-state index contributed by atoms with van der Waals surface area (Å²) in [6, 6.07) is 8.07. The molecule has 0 spiro atoms. The van der Waals surface area contributed by atoms with E-state index >= 15 is 0 Å². The monoisotopic (exact) mass is 320 g/mol. The van der Waals surface area contributed by atoms with Gasteiger partial charge in [0.15, 0.2) is 0 Å². The van der Waals surface area contributed by atoms with Crippen molar-refractivity contribution in [3.05, 3.63) is 47.0 Å². The standard InChI is InChI=1S/C16H20N2OS2/c19-15(18-11-12-5-7-17-8-6-12)13-1-3-14(4-2-13)16-20-9-10-21-16/h1-5,16-17H,6-11H2,(H,18,19). The topological polar surface area (TPSA) is 41.1 Å². The number of thioether (sulfide) groups is 2. The molecule has 0 unspecified atom stereocenters. The Morgan fingerprint density at radius 2 is 2.00 bits per heavy atom. The summed E-state index contributed by atoms with van der Waals surface area (Å²) >= 11 is 3.98. The van der Waals surface area contributed by atoms with Crippen LogP contribution in [-0.4, -0.2) is 37.0 Å². The fourth-order valence-electron chi connectivity index (χ4n) is 2.47. The number of benzene rings is 1.